The summed E-state index contributed by atoms with van der Waals surface area (Å²) in [5, 5.41) is 14.0. The second-order valence-corrected chi connectivity index (χ2v) is 2.20. The molecule has 1 heterocycles. The summed E-state index contributed by atoms with van der Waals surface area (Å²) >= 11 is 1.06. The van der Waals surface area contributed by atoms with Crippen LogP contribution in [-0.4, -0.2) is 10.1 Å². The number of nitrogens with zero attached hydrogens (tertiary/aromatic N) is 1. The topological polar surface area (TPSA) is 59.1 Å². The van der Waals surface area contributed by atoms with Crippen molar-refractivity contribution in [2.24, 2.45) is 5.14 Å². The second-order valence-electron chi connectivity index (χ2n) is 1.50. The first-order valence-electron chi connectivity index (χ1n) is 2.33. The van der Waals surface area contributed by atoms with Crippen LogP contribution < -0.4 is 5.14 Å². The zero-order chi connectivity index (χ0) is 6.69. The van der Waals surface area contributed by atoms with Crippen LogP contribution in [0.1, 0.15) is 0 Å². The lowest BCUT2D eigenvalue weighted by molar-refractivity contribution is 0.471. The van der Waals surface area contributed by atoms with Gasteiger partial charge in [0.2, 0.25) is 0 Å². The van der Waals surface area contributed by atoms with E-state index in [1.54, 1.807) is 12.3 Å². The monoisotopic (exact) mass is 142 g/mol. The molecule has 0 spiro atoms. The van der Waals surface area contributed by atoms with Crippen molar-refractivity contribution in [3.8, 4) is 5.75 Å². The molecule has 0 bridgehead atoms. The smallest absolute Gasteiger partial charge is 0.135 e. The van der Waals surface area contributed by atoms with Crippen molar-refractivity contribution >= 4 is 11.9 Å². The summed E-state index contributed by atoms with van der Waals surface area (Å²) in [6, 6.07) is 1.55. The van der Waals surface area contributed by atoms with Crippen LogP contribution in [0.2, 0.25) is 0 Å². The van der Waals surface area contributed by atoms with Gasteiger partial charge in [-0.1, -0.05) is 0 Å². The molecule has 1 aromatic heterocycles. The quantitative estimate of drug-likeness (QED) is 0.568. The number of hydrogen-bond acceptors (Lipinski definition) is 4. The molecule has 0 fully saturated rings. The van der Waals surface area contributed by atoms with Gasteiger partial charge in [0.15, 0.2) is 0 Å². The third-order valence-corrected chi connectivity index (χ3v) is 1.33. The van der Waals surface area contributed by atoms with Crippen LogP contribution in [0.25, 0.3) is 0 Å². The summed E-state index contributed by atoms with van der Waals surface area (Å²) in [6.07, 6.45) is 2.95. The predicted octanol–water partition coefficient (Wildman–Crippen LogP) is 0.753. The van der Waals surface area contributed by atoms with E-state index in [9.17, 15) is 0 Å². The van der Waals surface area contributed by atoms with E-state index in [0.717, 1.165) is 16.8 Å². The summed E-state index contributed by atoms with van der Waals surface area (Å²) in [5.74, 6) is 0.144. The molecule has 0 aliphatic carbocycles. The molecule has 0 aliphatic heterocycles. The van der Waals surface area contributed by atoms with Crippen LogP contribution >= 0.6 is 11.9 Å². The molecule has 0 saturated carbocycles. The number of nitrogens with two attached hydrogens (primary N) is 1. The Morgan fingerprint density at radius 2 is 2.33 bits per heavy atom. The van der Waals surface area contributed by atoms with E-state index in [2.05, 4.69) is 4.98 Å². The molecule has 0 aliphatic rings. The van der Waals surface area contributed by atoms with Crippen LogP contribution in [0.5, 0.6) is 5.75 Å². The van der Waals surface area contributed by atoms with Crippen molar-refractivity contribution in [2.45, 2.75) is 4.90 Å². The maximum Gasteiger partial charge on any atom is 0.135 e. The summed E-state index contributed by atoms with van der Waals surface area (Å²) < 4.78 is 0. The lowest BCUT2D eigenvalue weighted by Crippen LogP contribution is -1.79. The highest BCUT2D eigenvalue weighted by atomic mass is 32.2. The van der Waals surface area contributed by atoms with Crippen LogP contribution in [0.4, 0.5) is 0 Å². The van der Waals surface area contributed by atoms with Gasteiger partial charge in [-0.2, -0.15) is 0 Å². The fourth-order valence-electron chi connectivity index (χ4n) is 0.472. The van der Waals surface area contributed by atoms with E-state index >= 15 is 0 Å². The molecule has 0 atom stereocenters. The largest absolute Gasteiger partial charge is 0.506 e. The first-order chi connectivity index (χ1) is 4.33. The van der Waals surface area contributed by atoms with Crippen molar-refractivity contribution in [3.05, 3.63) is 18.5 Å². The van der Waals surface area contributed by atoms with Gasteiger partial charge in [-0.15, -0.1) is 0 Å². The Morgan fingerprint density at radius 1 is 1.56 bits per heavy atom. The summed E-state index contributed by atoms with van der Waals surface area (Å²) in [7, 11) is 0. The molecule has 1 aromatic rings. The minimum absolute atomic E-state index is 0.144. The van der Waals surface area contributed by atoms with Gasteiger partial charge in [0.25, 0.3) is 0 Å². The summed E-state index contributed by atoms with van der Waals surface area (Å²) in [4.78, 5) is 4.46. The molecule has 0 aromatic carbocycles. The van der Waals surface area contributed by atoms with Gasteiger partial charge in [0.05, 0.1) is 6.20 Å². The third-order valence-electron chi connectivity index (χ3n) is 0.835. The van der Waals surface area contributed by atoms with Gasteiger partial charge in [-0.05, 0) is 18.0 Å². The van der Waals surface area contributed by atoms with Crippen LogP contribution in [0.15, 0.2) is 23.4 Å². The lowest BCUT2D eigenvalue weighted by Gasteiger charge is -1.92. The Kier molecular flexibility index (Phi) is 1.92. The minimum Gasteiger partial charge on any atom is -0.506 e. The highest BCUT2D eigenvalue weighted by Gasteiger charge is 1.90. The standard InChI is InChI=1S/C5H6N2OS/c6-9-5-1-4(8)2-7-3-5/h1-3,8H,6H2. The fraction of sp³-hybridized carbons (Fsp3) is 0. The number of aromatic nitrogens is 1. The molecule has 3 N–H and O–H groups in total. The van der Waals surface area contributed by atoms with Crippen molar-refractivity contribution in [3.63, 3.8) is 0 Å². The number of hydrogen-bond donors (Lipinski definition) is 2. The van der Waals surface area contributed by atoms with Gasteiger partial charge < -0.3 is 5.11 Å². The summed E-state index contributed by atoms with van der Waals surface area (Å²) in [6.45, 7) is 0. The van der Waals surface area contributed by atoms with Crippen molar-refractivity contribution < 1.29 is 5.11 Å². The molecule has 3 nitrogen and oxygen atoms in total. The highest BCUT2D eigenvalue weighted by Crippen LogP contribution is 2.14. The Morgan fingerprint density at radius 3 is 2.78 bits per heavy atom. The zero-order valence-corrected chi connectivity index (χ0v) is 5.43. The molecular weight excluding hydrogens is 136 g/mol. The Balaban J connectivity index is 2.94. The molecule has 0 saturated heterocycles. The molecule has 0 radical (unpaired) electrons. The molecule has 0 unspecified atom stereocenters. The van der Waals surface area contributed by atoms with Gasteiger partial charge in [0.1, 0.15) is 5.75 Å². The Bertz CT molecular complexity index is 204. The number of pyridine rings is 1. The third kappa shape index (κ3) is 1.58. The van der Waals surface area contributed by atoms with Crippen LogP contribution in [-0.2, 0) is 0 Å². The fourth-order valence-corrected chi connectivity index (χ4v) is 0.782. The van der Waals surface area contributed by atoms with Gasteiger partial charge in [-0.3, -0.25) is 10.1 Å². The van der Waals surface area contributed by atoms with Crippen molar-refractivity contribution in [2.75, 3.05) is 0 Å². The van der Waals surface area contributed by atoms with Crippen molar-refractivity contribution in [1.82, 2.24) is 4.98 Å². The highest BCUT2D eigenvalue weighted by molar-refractivity contribution is 7.97. The van der Waals surface area contributed by atoms with Crippen LogP contribution in [0.3, 0.4) is 0 Å². The van der Waals surface area contributed by atoms with E-state index in [0.29, 0.717) is 0 Å². The Hall–Kier alpha value is -0.740. The second kappa shape index (κ2) is 2.70. The van der Waals surface area contributed by atoms with Gasteiger partial charge in [0, 0.05) is 11.1 Å². The molecule has 48 valence electrons. The molecule has 4 heteroatoms. The van der Waals surface area contributed by atoms with Crippen molar-refractivity contribution in [1.29, 1.82) is 0 Å². The van der Waals surface area contributed by atoms with Gasteiger partial charge >= 0.3 is 0 Å². The summed E-state index contributed by atoms with van der Waals surface area (Å²) in [5.41, 5.74) is 0. The molecule has 1 rings (SSSR count). The van der Waals surface area contributed by atoms with E-state index in [1.165, 1.54) is 6.20 Å². The molecule has 9 heavy (non-hydrogen) atoms. The van der Waals surface area contributed by atoms with Gasteiger partial charge in [-0.25, -0.2) is 0 Å². The molecule has 0 amide bonds. The average Bonchev–Trinajstić information content (AvgIpc) is 1.88. The van der Waals surface area contributed by atoms with E-state index < -0.39 is 0 Å². The van der Waals surface area contributed by atoms with E-state index in [-0.39, 0.29) is 5.75 Å². The van der Waals surface area contributed by atoms with E-state index in [4.69, 9.17) is 10.2 Å². The maximum absolute atomic E-state index is 8.81. The number of aromatic hydroxyl groups is 1. The normalized spacial score (nSPS) is 9.44. The van der Waals surface area contributed by atoms with E-state index in [1.807, 2.05) is 0 Å². The SMILES string of the molecule is NSc1cncc(O)c1. The zero-order valence-electron chi connectivity index (χ0n) is 4.61. The van der Waals surface area contributed by atoms with Crippen LogP contribution in [0, 0.1) is 0 Å². The number of rotatable bonds is 1. The first-order valence-corrected chi connectivity index (χ1v) is 3.21. The Labute approximate surface area is 57.0 Å². The average molecular weight is 142 g/mol. The molecular formula is C5H6N2OS. The minimum atomic E-state index is 0.144. The first kappa shape index (κ1) is 6.38. The predicted molar refractivity (Wildman–Crippen MR) is 35.9 cm³/mol. The lowest BCUT2D eigenvalue weighted by atomic mass is 10.5. The maximum atomic E-state index is 8.81.